The molecule has 1 aliphatic carbocycles. The van der Waals surface area contributed by atoms with Gasteiger partial charge in [-0.15, -0.1) is 0 Å². The predicted molar refractivity (Wildman–Crippen MR) is 67.9 cm³/mol. The van der Waals surface area contributed by atoms with Gasteiger partial charge in [-0.1, -0.05) is 49.8 Å². The van der Waals surface area contributed by atoms with Crippen molar-refractivity contribution in [1.82, 2.24) is 0 Å². The molecule has 1 aromatic rings. The van der Waals surface area contributed by atoms with Gasteiger partial charge in [0.2, 0.25) is 0 Å². The van der Waals surface area contributed by atoms with E-state index in [1.165, 1.54) is 44.1 Å². The Labute approximate surface area is 98.8 Å². The SMILES string of the molecule is Cc1ccc(OCCC2CCCCC2)cc1. The largest absolute Gasteiger partial charge is 0.494 e. The summed E-state index contributed by atoms with van der Waals surface area (Å²) >= 11 is 0. The Morgan fingerprint density at radius 1 is 1.06 bits per heavy atom. The van der Waals surface area contributed by atoms with Crippen LogP contribution in [0.25, 0.3) is 0 Å². The summed E-state index contributed by atoms with van der Waals surface area (Å²) in [6, 6.07) is 8.35. The van der Waals surface area contributed by atoms with E-state index in [9.17, 15) is 0 Å². The normalized spacial score (nSPS) is 17.3. The number of benzene rings is 1. The van der Waals surface area contributed by atoms with Gasteiger partial charge in [0.25, 0.3) is 0 Å². The van der Waals surface area contributed by atoms with Crippen LogP contribution in [0.3, 0.4) is 0 Å². The molecule has 0 amide bonds. The summed E-state index contributed by atoms with van der Waals surface area (Å²) in [5, 5.41) is 0. The Morgan fingerprint density at radius 2 is 1.75 bits per heavy atom. The Kier molecular flexibility index (Phi) is 4.26. The standard InChI is InChI=1S/C15H22O/c1-13-7-9-15(10-8-13)16-12-11-14-5-3-2-4-6-14/h7-10,14H,2-6,11-12H2,1H3. The molecule has 1 nitrogen and oxygen atoms in total. The third-order valence-corrected chi connectivity index (χ3v) is 3.54. The minimum Gasteiger partial charge on any atom is -0.494 e. The highest BCUT2D eigenvalue weighted by Crippen LogP contribution is 2.26. The lowest BCUT2D eigenvalue weighted by molar-refractivity contribution is 0.246. The van der Waals surface area contributed by atoms with E-state index in [4.69, 9.17) is 4.74 Å². The van der Waals surface area contributed by atoms with Crippen molar-refractivity contribution >= 4 is 0 Å². The second-order valence-corrected chi connectivity index (χ2v) is 4.95. The molecule has 1 heteroatoms. The van der Waals surface area contributed by atoms with Crippen molar-refractivity contribution < 1.29 is 4.74 Å². The molecule has 0 unspecified atom stereocenters. The van der Waals surface area contributed by atoms with E-state index in [0.29, 0.717) is 0 Å². The van der Waals surface area contributed by atoms with Gasteiger partial charge in [-0.2, -0.15) is 0 Å². The maximum atomic E-state index is 5.76. The van der Waals surface area contributed by atoms with Crippen LogP contribution in [0.5, 0.6) is 5.75 Å². The highest BCUT2D eigenvalue weighted by Gasteiger charge is 2.12. The van der Waals surface area contributed by atoms with E-state index in [1.54, 1.807) is 0 Å². The number of ether oxygens (including phenoxy) is 1. The topological polar surface area (TPSA) is 9.23 Å². The minimum atomic E-state index is 0.883. The van der Waals surface area contributed by atoms with E-state index < -0.39 is 0 Å². The van der Waals surface area contributed by atoms with Crippen molar-refractivity contribution in [1.29, 1.82) is 0 Å². The molecule has 0 aromatic heterocycles. The van der Waals surface area contributed by atoms with Crippen LogP contribution in [0.1, 0.15) is 44.1 Å². The minimum absolute atomic E-state index is 0.883. The average molecular weight is 218 g/mol. The second kappa shape index (κ2) is 5.93. The number of rotatable bonds is 4. The van der Waals surface area contributed by atoms with Gasteiger partial charge in [0, 0.05) is 0 Å². The number of aryl methyl sites for hydroxylation is 1. The second-order valence-electron chi connectivity index (χ2n) is 4.95. The fraction of sp³-hybridized carbons (Fsp3) is 0.600. The van der Waals surface area contributed by atoms with Gasteiger partial charge < -0.3 is 4.74 Å². The first kappa shape index (κ1) is 11.5. The molecule has 1 fully saturated rings. The molecule has 1 aromatic carbocycles. The Balaban J connectivity index is 1.69. The van der Waals surface area contributed by atoms with Crippen molar-refractivity contribution in [2.75, 3.05) is 6.61 Å². The molecule has 0 spiro atoms. The molecule has 1 saturated carbocycles. The maximum absolute atomic E-state index is 5.76. The molecule has 0 saturated heterocycles. The van der Waals surface area contributed by atoms with Crippen molar-refractivity contribution in [2.24, 2.45) is 5.92 Å². The molecular weight excluding hydrogens is 196 g/mol. The van der Waals surface area contributed by atoms with Gasteiger partial charge in [0.1, 0.15) is 5.75 Å². The Hall–Kier alpha value is -0.980. The highest BCUT2D eigenvalue weighted by atomic mass is 16.5. The average Bonchev–Trinajstić information content (AvgIpc) is 2.33. The first-order valence-electron chi connectivity index (χ1n) is 6.54. The van der Waals surface area contributed by atoms with Gasteiger partial charge in [0.05, 0.1) is 6.61 Å². The molecule has 16 heavy (non-hydrogen) atoms. The van der Waals surface area contributed by atoms with Gasteiger partial charge in [-0.25, -0.2) is 0 Å². The van der Waals surface area contributed by atoms with E-state index >= 15 is 0 Å². The summed E-state index contributed by atoms with van der Waals surface area (Å²) in [6.07, 6.45) is 8.35. The van der Waals surface area contributed by atoms with Gasteiger partial charge in [-0.05, 0) is 31.4 Å². The molecular formula is C15H22O. The zero-order valence-corrected chi connectivity index (χ0v) is 10.2. The van der Waals surface area contributed by atoms with Crippen molar-refractivity contribution in [3.8, 4) is 5.75 Å². The van der Waals surface area contributed by atoms with E-state index in [1.807, 2.05) is 0 Å². The van der Waals surface area contributed by atoms with Gasteiger partial charge in [0.15, 0.2) is 0 Å². The molecule has 0 radical (unpaired) electrons. The molecule has 0 N–H and O–H groups in total. The smallest absolute Gasteiger partial charge is 0.119 e. The summed E-state index contributed by atoms with van der Waals surface area (Å²) < 4.78 is 5.76. The number of hydrogen-bond acceptors (Lipinski definition) is 1. The molecule has 0 atom stereocenters. The molecule has 88 valence electrons. The lowest BCUT2D eigenvalue weighted by Gasteiger charge is -2.21. The highest BCUT2D eigenvalue weighted by molar-refractivity contribution is 5.26. The van der Waals surface area contributed by atoms with Crippen molar-refractivity contribution in [3.63, 3.8) is 0 Å². The van der Waals surface area contributed by atoms with Crippen LogP contribution in [0, 0.1) is 12.8 Å². The third-order valence-electron chi connectivity index (χ3n) is 3.54. The monoisotopic (exact) mass is 218 g/mol. The van der Waals surface area contributed by atoms with E-state index in [-0.39, 0.29) is 0 Å². The van der Waals surface area contributed by atoms with E-state index in [0.717, 1.165) is 18.3 Å². The molecule has 0 aliphatic heterocycles. The van der Waals surface area contributed by atoms with Gasteiger partial charge >= 0.3 is 0 Å². The zero-order chi connectivity index (χ0) is 11.2. The van der Waals surface area contributed by atoms with Crippen molar-refractivity contribution in [2.45, 2.75) is 45.4 Å². The summed E-state index contributed by atoms with van der Waals surface area (Å²) in [5.41, 5.74) is 1.29. The van der Waals surface area contributed by atoms with E-state index in [2.05, 4.69) is 31.2 Å². The fourth-order valence-corrected chi connectivity index (χ4v) is 2.45. The lowest BCUT2D eigenvalue weighted by Crippen LogP contribution is -2.10. The molecule has 0 bridgehead atoms. The predicted octanol–water partition coefficient (Wildman–Crippen LogP) is 4.34. The Bertz CT molecular complexity index is 296. The summed E-state index contributed by atoms with van der Waals surface area (Å²) in [5.74, 6) is 1.93. The first-order chi connectivity index (χ1) is 7.84. The Morgan fingerprint density at radius 3 is 2.44 bits per heavy atom. The maximum Gasteiger partial charge on any atom is 0.119 e. The van der Waals surface area contributed by atoms with Crippen LogP contribution in [0.15, 0.2) is 24.3 Å². The van der Waals surface area contributed by atoms with Gasteiger partial charge in [-0.3, -0.25) is 0 Å². The quantitative estimate of drug-likeness (QED) is 0.730. The molecule has 2 rings (SSSR count). The summed E-state index contributed by atoms with van der Waals surface area (Å²) in [7, 11) is 0. The van der Waals surface area contributed by atoms with Crippen LogP contribution < -0.4 is 4.74 Å². The van der Waals surface area contributed by atoms with Crippen LogP contribution in [0.2, 0.25) is 0 Å². The van der Waals surface area contributed by atoms with Crippen LogP contribution in [-0.2, 0) is 0 Å². The van der Waals surface area contributed by atoms with Crippen LogP contribution in [0.4, 0.5) is 0 Å². The summed E-state index contributed by atoms with van der Waals surface area (Å²) in [4.78, 5) is 0. The lowest BCUT2D eigenvalue weighted by atomic mass is 9.87. The van der Waals surface area contributed by atoms with Crippen LogP contribution >= 0.6 is 0 Å². The number of hydrogen-bond donors (Lipinski definition) is 0. The summed E-state index contributed by atoms with van der Waals surface area (Å²) in [6.45, 7) is 2.99. The molecule has 0 heterocycles. The fourth-order valence-electron chi connectivity index (χ4n) is 2.45. The zero-order valence-electron chi connectivity index (χ0n) is 10.2. The van der Waals surface area contributed by atoms with Crippen molar-refractivity contribution in [3.05, 3.63) is 29.8 Å². The first-order valence-corrected chi connectivity index (χ1v) is 6.54. The third kappa shape index (κ3) is 3.55. The molecule has 1 aliphatic rings. The van der Waals surface area contributed by atoms with Crippen LogP contribution in [-0.4, -0.2) is 6.61 Å².